The van der Waals surface area contributed by atoms with Crippen molar-refractivity contribution in [3.63, 3.8) is 0 Å². The molecule has 14 heavy (non-hydrogen) atoms. The summed E-state index contributed by atoms with van der Waals surface area (Å²) in [6.07, 6.45) is 1.23. The van der Waals surface area contributed by atoms with Gasteiger partial charge in [0.15, 0.2) is 0 Å². The molecule has 1 aliphatic heterocycles. The quantitative estimate of drug-likeness (QED) is 0.665. The molecule has 1 atom stereocenters. The molecule has 2 N–H and O–H groups in total. The van der Waals surface area contributed by atoms with Crippen LogP contribution in [0, 0.1) is 5.92 Å². The van der Waals surface area contributed by atoms with E-state index in [1.807, 2.05) is 18.9 Å². The van der Waals surface area contributed by atoms with Crippen LogP contribution in [0.1, 0.15) is 19.8 Å². The third-order valence-electron chi connectivity index (χ3n) is 2.71. The van der Waals surface area contributed by atoms with Gasteiger partial charge in [0.05, 0.1) is 6.10 Å². The molecule has 1 rings (SSSR count). The van der Waals surface area contributed by atoms with Crippen molar-refractivity contribution < 1.29 is 9.90 Å². The summed E-state index contributed by atoms with van der Waals surface area (Å²) in [5, 5.41) is 12.3. The molecule has 1 unspecified atom stereocenters. The standard InChI is InChI=1S/C10H20N2O2/c1-8(7-11-2)10(14)12-5-3-9(13)4-6-12/h8-9,11,13H,3-7H2,1-2H3. The lowest BCUT2D eigenvalue weighted by molar-refractivity contribution is -0.136. The van der Waals surface area contributed by atoms with Crippen LogP contribution in [0.15, 0.2) is 0 Å². The topological polar surface area (TPSA) is 52.6 Å². The van der Waals surface area contributed by atoms with Crippen LogP contribution in [0.3, 0.4) is 0 Å². The Morgan fingerprint density at radius 3 is 2.64 bits per heavy atom. The third kappa shape index (κ3) is 2.96. The molecule has 0 aromatic carbocycles. The van der Waals surface area contributed by atoms with Crippen molar-refractivity contribution in [1.29, 1.82) is 0 Å². The van der Waals surface area contributed by atoms with Gasteiger partial charge in [-0.25, -0.2) is 0 Å². The van der Waals surface area contributed by atoms with E-state index in [2.05, 4.69) is 5.32 Å². The highest BCUT2D eigenvalue weighted by Crippen LogP contribution is 2.12. The molecule has 0 bridgehead atoms. The molecule has 1 heterocycles. The lowest BCUT2D eigenvalue weighted by atomic mass is 10.0. The van der Waals surface area contributed by atoms with Crippen LogP contribution < -0.4 is 5.32 Å². The minimum atomic E-state index is -0.210. The van der Waals surface area contributed by atoms with Crippen molar-refractivity contribution in [2.45, 2.75) is 25.9 Å². The lowest BCUT2D eigenvalue weighted by Crippen LogP contribution is -2.44. The van der Waals surface area contributed by atoms with E-state index in [4.69, 9.17) is 0 Å². The van der Waals surface area contributed by atoms with Gasteiger partial charge in [0.2, 0.25) is 5.91 Å². The summed E-state index contributed by atoms with van der Waals surface area (Å²) in [6.45, 7) is 4.06. The number of piperidine rings is 1. The Bertz CT molecular complexity index is 189. The molecule has 0 spiro atoms. The van der Waals surface area contributed by atoms with Gasteiger partial charge in [-0.2, -0.15) is 0 Å². The molecule has 0 saturated carbocycles. The average Bonchev–Trinajstić information content (AvgIpc) is 2.18. The highest BCUT2D eigenvalue weighted by atomic mass is 16.3. The van der Waals surface area contributed by atoms with Gasteiger partial charge in [-0.05, 0) is 19.9 Å². The van der Waals surface area contributed by atoms with Crippen molar-refractivity contribution in [2.75, 3.05) is 26.7 Å². The van der Waals surface area contributed by atoms with Gasteiger partial charge in [0.1, 0.15) is 0 Å². The molecule has 1 amide bonds. The second kappa shape index (κ2) is 5.32. The van der Waals surface area contributed by atoms with Crippen molar-refractivity contribution in [2.24, 2.45) is 5.92 Å². The number of carbonyl (C=O) groups is 1. The third-order valence-corrected chi connectivity index (χ3v) is 2.71. The molecular weight excluding hydrogens is 180 g/mol. The summed E-state index contributed by atoms with van der Waals surface area (Å²) in [6, 6.07) is 0. The smallest absolute Gasteiger partial charge is 0.226 e. The average molecular weight is 200 g/mol. The highest BCUT2D eigenvalue weighted by Gasteiger charge is 2.24. The largest absolute Gasteiger partial charge is 0.393 e. The summed E-state index contributed by atoms with van der Waals surface area (Å²) < 4.78 is 0. The van der Waals surface area contributed by atoms with Crippen LogP contribution in [0.5, 0.6) is 0 Å². The van der Waals surface area contributed by atoms with E-state index in [1.165, 1.54) is 0 Å². The zero-order valence-corrected chi connectivity index (χ0v) is 8.99. The first-order valence-electron chi connectivity index (χ1n) is 5.26. The van der Waals surface area contributed by atoms with E-state index in [9.17, 15) is 9.90 Å². The number of aliphatic hydroxyl groups is 1. The molecule has 1 saturated heterocycles. The predicted molar refractivity (Wildman–Crippen MR) is 54.9 cm³/mol. The van der Waals surface area contributed by atoms with E-state index in [0.717, 1.165) is 19.4 Å². The number of carbonyl (C=O) groups excluding carboxylic acids is 1. The Kier molecular flexibility index (Phi) is 4.35. The molecule has 0 aromatic heterocycles. The van der Waals surface area contributed by atoms with Crippen LogP contribution in [-0.2, 0) is 4.79 Å². The molecule has 4 nitrogen and oxygen atoms in total. The fourth-order valence-electron chi connectivity index (χ4n) is 1.79. The van der Waals surface area contributed by atoms with Gasteiger partial charge in [0.25, 0.3) is 0 Å². The van der Waals surface area contributed by atoms with Gasteiger partial charge < -0.3 is 15.3 Å². The fraction of sp³-hybridized carbons (Fsp3) is 0.900. The predicted octanol–water partition coefficient (Wildman–Crippen LogP) is -0.175. The summed E-state index contributed by atoms with van der Waals surface area (Å²) in [7, 11) is 1.85. The second-order valence-corrected chi connectivity index (χ2v) is 4.02. The molecular formula is C10H20N2O2. The van der Waals surface area contributed by atoms with Gasteiger partial charge >= 0.3 is 0 Å². The maximum absolute atomic E-state index is 11.8. The zero-order valence-electron chi connectivity index (χ0n) is 8.99. The molecule has 4 heteroatoms. The Morgan fingerprint density at radius 1 is 1.57 bits per heavy atom. The van der Waals surface area contributed by atoms with E-state index < -0.39 is 0 Å². The van der Waals surface area contributed by atoms with Crippen LogP contribution in [0.2, 0.25) is 0 Å². The first-order valence-corrected chi connectivity index (χ1v) is 5.26. The van der Waals surface area contributed by atoms with Gasteiger partial charge in [0, 0.05) is 25.6 Å². The molecule has 1 fully saturated rings. The van der Waals surface area contributed by atoms with Crippen molar-refractivity contribution in [3.05, 3.63) is 0 Å². The van der Waals surface area contributed by atoms with Gasteiger partial charge in [-0.3, -0.25) is 4.79 Å². The van der Waals surface area contributed by atoms with Crippen molar-refractivity contribution in [1.82, 2.24) is 10.2 Å². The van der Waals surface area contributed by atoms with Gasteiger partial charge in [-0.15, -0.1) is 0 Å². The molecule has 0 radical (unpaired) electrons. The number of amides is 1. The number of nitrogens with one attached hydrogen (secondary N) is 1. The fourth-order valence-corrected chi connectivity index (χ4v) is 1.79. The first-order chi connectivity index (χ1) is 6.65. The Labute approximate surface area is 85.3 Å². The van der Waals surface area contributed by atoms with Gasteiger partial charge in [-0.1, -0.05) is 6.92 Å². The van der Waals surface area contributed by atoms with E-state index >= 15 is 0 Å². The number of rotatable bonds is 3. The minimum absolute atomic E-state index is 0.0373. The maximum atomic E-state index is 11.8. The molecule has 1 aliphatic rings. The van der Waals surface area contributed by atoms with Crippen LogP contribution in [0.4, 0.5) is 0 Å². The number of aliphatic hydroxyl groups excluding tert-OH is 1. The van der Waals surface area contributed by atoms with E-state index in [-0.39, 0.29) is 17.9 Å². The first kappa shape index (κ1) is 11.5. The van der Waals surface area contributed by atoms with E-state index in [0.29, 0.717) is 13.1 Å². The van der Waals surface area contributed by atoms with Crippen LogP contribution in [0.25, 0.3) is 0 Å². The van der Waals surface area contributed by atoms with E-state index in [1.54, 1.807) is 0 Å². The second-order valence-electron chi connectivity index (χ2n) is 4.02. The Morgan fingerprint density at radius 2 is 2.14 bits per heavy atom. The van der Waals surface area contributed by atoms with Crippen LogP contribution >= 0.6 is 0 Å². The molecule has 0 aliphatic carbocycles. The minimum Gasteiger partial charge on any atom is -0.393 e. The summed E-state index contributed by atoms with van der Waals surface area (Å²) in [4.78, 5) is 13.7. The van der Waals surface area contributed by atoms with Crippen LogP contribution in [-0.4, -0.2) is 48.7 Å². The Hall–Kier alpha value is -0.610. The summed E-state index contributed by atoms with van der Waals surface area (Å²) in [5.41, 5.74) is 0. The SMILES string of the molecule is CNCC(C)C(=O)N1CCC(O)CC1. The lowest BCUT2D eigenvalue weighted by Gasteiger charge is -2.31. The maximum Gasteiger partial charge on any atom is 0.226 e. The molecule has 82 valence electrons. The van der Waals surface area contributed by atoms with Crippen molar-refractivity contribution in [3.8, 4) is 0 Å². The highest BCUT2D eigenvalue weighted by molar-refractivity contribution is 5.78. The number of likely N-dealkylation sites (tertiary alicyclic amines) is 1. The normalized spacial score (nSPS) is 20.9. The monoisotopic (exact) mass is 200 g/mol. The van der Waals surface area contributed by atoms with Crippen molar-refractivity contribution >= 4 is 5.91 Å². The molecule has 0 aromatic rings. The number of hydrogen-bond acceptors (Lipinski definition) is 3. The summed E-state index contributed by atoms with van der Waals surface area (Å²) in [5.74, 6) is 0.237. The summed E-state index contributed by atoms with van der Waals surface area (Å²) >= 11 is 0. The number of hydrogen-bond donors (Lipinski definition) is 2. The zero-order chi connectivity index (χ0) is 10.6. The Balaban J connectivity index is 2.37. The number of nitrogens with zero attached hydrogens (tertiary/aromatic N) is 1.